The third kappa shape index (κ3) is 4.42. The summed E-state index contributed by atoms with van der Waals surface area (Å²) in [4.78, 5) is 10.1. The quantitative estimate of drug-likeness (QED) is 0.220. The number of sulfonamides is 1. The molecule has 0 aliphatic carbocycles. The van der Waals surface area contributed by atoms with E-state index in [0.29, 0.717) is 5.69 Å². The SMILES string of the molecule is O=C(NNc1ccccc1)NN(c1ccccc1)S(=O)(=O)c1c(F)c(F)c(F)c(F)c1F. The summed E-state index contributed by atoms with van der Waals surface area (Å²) in [5.41, 5.74) is 6.38. The number of rotatable bonds is 6. The molecular weight excluding hydrogens is 459 g/mol. The molecule has 2 amide bonds. The van der Waals surface area contributed by atoms with Gasteiger partial charge in [0, 0.05) is 0 Å². The van der Waals surface area contributed by atoms with Crippen LogP contribution in [0.3, 0.4) is 0 Å². The number of nitrogens with one attached hydrogen (secondary N) is 3. The summed E-state index contributed by atoms with van der Waals surface area (Å²) in [6.07, 6.45) is 0. The number of amides is 2. The normalized spacial score (nSPS) is 11.0. The third-order valence-corrected chi connectivity index (χ3v) is 5.61. The van der Waals surface area contributed by atoms with Crippen LogP contribution in [0.5, 0.6) is 0 Å². The van der Waals surface area contributed by atoms with Gasteiger partial charge in [0.1, 0.15) is 0 Å². The summed E-state index contributed by atoms with van der Waals surface area (Å²) in [5.74, 6) is -12.6. The van der Waals surface area contributed by atoms with Gasteiger partial charge in [-0.15, -0.1) is 0 Å². The molecule has 0 saturated carbocycles. The predicted molar refractivity (Wildman–Crippen MR) is 104 cm³/mol. The molecule has 0 aromatic heterocycles. The molecule has 3 N–H and O–H groups in total. The van der Waals surface area contributed by atoms with E-state index >= 15 is 0 Å². The van der Waals surface area contributed by atoms with Gasteiger partial charge in [0.25, 0.3) is 10.0 Å². The van der Waals surface area contributed by atoms with Crippen LogP contribution in [0.1, 0.15) is 0 Å². The van der Waals surface area contributed by atoms with Gasteiger partial charge in [0.2, 0.25) is 5.82 Å². The van der Waals surface area contributed by atoms with Gasteiger partial charge in [-0.2, -0.15) is 12.8 Å². The Hall–Kier alpha value is -3.87. The minimum atomic E-state index is -5.52. The van der Waals surface area contributed by atoms with E-state index < -0.39 is 50.0 Å². The third-order valence-electron chi connectivity index (χ3n) is 3.96. The second-order valence-electron chi connectivity index (χ2n) is 6.06. The van der Waals surface area contributed by atoms with Crippen molar-refractivity contribution in [3.63, 3.8) is 0 Å². The molecule has 0 aliphatic heterocycles. The highest BCUT2D eigenvalue weighted by Gasteiger charge is 2.38. The van der Waals surface area contributed by atoms with Gasteiger partial charge >= 0.3 is 6.03 Å². The summed E-state index contributed by atoms with van der Waals surface area (Å²) in [7, 11) is -5.52. The highest BCUT2D eigenvalue weighted by atomic mass is 32.2. The Morgan fingerprint density at radius 2 is 1.19 bits per heavy atom. The standard InChI is InChI=1S/C19H13F5N4O3S/c20-13-14(21)16(23)18(17(24)15(13)22)32(30,31)28(12-9-5-2-6-10-12)27-19(29)26-25-11-7-3-1-4-8-11/h1-10,25H,(H2,26,27,29). The number of halogens is 5. The maximum absolute atomic E-state index is 14.2. The Morgan fingerprint density at radius 3 is 1.72 bits per heavy atom. The summed E-state index contributed by atoms with van der Waals surface area (Å²) in [6.45, 7) is 0. The number of hydrazine groups is 2. The number of carbonyl (C=O) groups excluding carboxylic acids is 1. The Balaban J connectivity index is 2.01. The maximum atomic E-state index is 14.2. The molecule has 7 nitrogen and oxygen atoms in total. The minimum Gasteiger partial charge on any atom is -0.297 e. The zero-order valence-corrected chi connectivity index (χ0v) is 16.6. The molecule has 0 unspecified atom stereocenters. The number of benzene rings is 3. The van der Waals surface area contributed by atoms with E-state index in [0.717, 1.165) is 12.1 Å². The van der Waals surface area contributed by atoms with E-state index in [-0.39, 0.29) is 10.1 Å². The summed E-state index contributed by atoms with van der Waals surface area (Å²) in [5, 5.41) is 0. The topological polar surface area (TPSA) is 90.5 Å². The predicted octanol–water partition coefficient (Wildman–Crippen LogP) is 3.82. The fourth-order valence-corrected chi connectivity index (χ4v) is 3.92. The monoisotopic (exact) mass is 472 g/mol. The van der Waals surface area contributed by atoms with Gasteiger partial charge in [0.15, 0.2) is 28.2 Å². The van der Waals surface area contributed by atoms with Crippen molar-refractivity contribution in [1.82, 2.24) is 10.9 Å². The van der Waals surface area contributed by atoms with Crippen LogP contribution < -0.4 is 20.7 Å². The average molecular weight is 472 g/mol. The minimum absolute atomic E-state index is 0.0206. The molecule has 0 bridgehead atoms. The number of carbonyl (C=O) groups is 1. The molecule has 0 fully saturated rings. The first-order valence-electron chi connectivity index (χ1n) is 8.64. The molecule has 3 aromatic carbocycles. The van der Waals surface area contributed by atoms with Crippen molar-refractivity contribution in [2.24, 2.45) is 0 Å². The van der Waals surface area contributed by atoms with Gasteiger partial charge in [-0.3, -0.25) is 10.9 Å². The zero-order valence-electron chi connectivity index (χ0n) is 15.7. The van der Waals surface area contributed by atoms with Crippen LogP contribution in [0, 0.1) is 29.1 Å². The molecule has 0 spiro atoms. The van der Waals surface area contributed by atoms with E-state index in [1.165, 1.54) is 18.2 Å². The molecule has 0 aliphatic rings. The molecule has 0 radical (unpaired) electrons. The van der Waals surface area contributed by atoms with E-state index in [9.17, 15) is 35.2 Å². The number of nitrogens with zero attached hydrogens (tertiary/aromatic N) is 1. The highest BCUT2D eigenvalue weighted by molar-refractivity contribution is 7.92. The van der Waals surface area contributed by atoms with Crippen LogP contribution in [0.15, 0.2) is 65.6 Å². The van der Waals surface area contributed by atoms with E-state index in [1.54, 1.807) is 30.3 Å². The van der Waals surface area contributed by atoms with Crippen LogP contribution in [0.2, 0.25) is 0 Å². The number of urea groups is 1. The number of hydrogen-bond donors (Lipinski definition) is 3. The maximum Gasteiger partial charge on any atom is 0.353 e. The van der Waals surface area contributed by atoms with Gasteiger partial charge in [-0.1, -0.05) is 36.4 Å². The average Bonchev–Trinajstić information content (AvgIpc) is 2.79. The molecule has 32 heavy (non-hydrogen) atoms. The molecule has 168 valence electrons. The first kappa shape index (κ1) is 22.8. The Labute approximate surface area is 178 Å². The Kier molecular flexibility index (Phi) is 6.48. The van der Waals surface area contributed by atoms with Crippen LogP contribution in [0.25, 0.3) is 0 Å². The van der Waals surface area contributed by atoms with Crippen LogP contribution >= 0.6 is 0 Å². The number of anilines is 2. The smallest absolute Gasteiger partial charge is 0.297 e. The highest BCUT2D eigenvalue weighted by Crippen LogP contribution is 2.30. The van der Waals surface area contributed by atoms with E-state index in [2.05, 4.69) is 10.9 Å². The number of hydrogen-bond acceptors (Lipinski definition) is 4. The van der Waals surface area contributed by atoms with Gasteiger partial charge in [-0.25, -0.2) is 32.2 Å². The van der Waals surface area contributed by atoms with Crippen LogP contribution in [0.4, 0.5) is 38.1 Å². The summed E-state index contributed by atoms with van der Waals surface area (Å²) in [6, 6.07) is 13.2. The van der Waals surface area contributed by atoms with E-state index in [1.807, 2.05) is 5.43 Å². The molecule has 13 heteroatoms. The second kappa shape index (κ2) is 9.09. The van der Waals surface area contributed by atoms with Crippen molar-refractivity contribution in [2.45, 2.75) is 4.90 Å². The van der Waals surface area contributed by atoms with Crippen molar-refractivity contribution in [3.8, 4) is 0 Å². The van der Waals surface area contributed by atoms with Crippen molar-refractivity contribution in [1.29, 1.82) is 0 Å². The first-order valence-corrected chi connectivity index (χ1v) is 10.1. The lowest BCUT2D eigenvalue weighted by Gasteiger charge is -2.25. The van der Waals surface area contributed by atoms with Crippen molar-refractivity contribution >= 4 is 27.4 Å². The van der Waals surface area contributed by atoms with Crippen molar-refractivity contribution in [3.05, 3.63) is 89.7 Å². The fourth-order valence-electron chi connectivity index (χ4n) is 2.50. The zero-order chi connectivity index (χ0) is 23.5. The number of para-hydroxylation sites is 2. The molecule has 3 aromatic rings. The lowest BCUT2D eigenvalue weighted by atomic mass is 10.3. The molecule has 0 saturated heterocycles. The largest absolute Gasteiger partial charge is 0.353 e. The Morgan fingerprint density at radius 1 is 0.719 bits per heavy atom. The van der Waals surface area contributed by atoms with Crippen LogP contribution in [-0.2, 0) is 10.0 Å². The van der Waals surface area contributed by atoms with E-state index in [4.69, 9.17) is 0 Å². The summed E-state index contributed by atoms with van der Waals surface area (Å²) < 4.78 is 94.9. The molecule has 3 rings (SSSR count). The molecule has 0 heterocycles. The second-order valence-corrected chi connectivity index (χ2v) is 7.78. The lowest BCUT2D eigenvalue weighted by Crippen LogP contribution is -2.52. The lowest BCUT2D eigenvalue weighted by molar-refractivity contribution is 0.243. The van der Waals surface area contributed by atoms with Crippen molar-refractivity contribution < 1.29 is 35.2 Å². The molecular formula is C19H13F5N4O3S. The van der Waals surface area contributed by atoms with Crippen LogP contribution in [-0.4, -0.2) is 14.4 Å². The first-order chi connectivity index (χ1) is 15.1. The fraction of sp³-hybridized carbons (Fsp3) is 0. The van der Waals surface area contributed by atoms with Gasteiger partial charge < -0.3 is 0 Å². The van der Waals surface area contributed by atoms with Gasteiger partial charge in [-0.05, 0) is 24.3 Å². The van der Waals surface area contributed by atoms with Crippen molar-refractivity contribution in [2.75, 3.05) is 9.84 Å². The molecule has 0 atom stereocenters. The van der Waals surface area contributed by atoms with Gasteiger partial charge in [0.05, 0.1) is 11.4 Å². The summed E-state index contributed by atoms with van der Waals surface area (Å²) >= 11 is 0. The Bertz CT molecular complexity index is 1220.